The second kappa shape index (κ2) is 9.81. The number of carbonyl (C=O) groups excluding carboxylic acids is 1. The van der Waals surface area contributed by atoms with Gasteiger partial charge in [-0.2, -0.15) is 13.2 Å². The fourth-order valence-electron chi connectivity index (χ4n) is 2.96. The molecule has 2 aromatic carbocycles. The predicted octanol–water partition coefficient (Wildman–Crippen LogP) is 6.05. The summed E-state index contributed by atoms with van der Waals surface area (Å²) in [6.45, 7) is 5.28. The zero-order valence-electron chi connectivity index (χ0n) is 17.8. The van der Waals surface area contributed by atoms with Crippen molar-refractivity contribution in [2.75, 3.05) is 11.1 Å². The minimum absolute atomic E-state index is 0.0331. The second-order valence-electron chi connectivity index (χ2n) is 7.61. The van der Waals surface area contributed by atoms with E-state index in [4.69, 9.17) is 10.5 Å². The van der Waals surface area contributed by atoms with Gasteiger partial charge in [0.25, 0.3) is 0 Å². The Morgan fingerprint density at radius 2 is 1.91 bits per heavy atom. The molecule has 0 bridgehead atoms. The molecule has 0 spiro atoms. The van der Waals surface area contributed by atoms with Crippen LogP contribution in [0.15, 0.2) is 72.7 Å². The Labute approximate surface area is 188 Å². The van der Waals surface area contributed by atoms with Crippen LogP contribution in [0.5, 0.6) is 5.75 Å². The summed E-state index contributed by atoms with van der Waals surface area (Å²) in [6.07, 6.45) is 1.66. The van der Waals surface area contributed by atoms with Crippen LogP contribution in [0.3, 0.4) is 0 Å². The summed E-state index contributed by atoms with van der Waals surface area (Å²) in [5.74, 6) is -0.661. The van der Waals surface area contributed by atoms with Crippen molar-refractivity contribution in [3.63, 3.8) is 0 Å². The molecule has 1 aliphatic rings. The Hall–Kier alpha value is -3.75. The predicted molar refractivity (Wildman–Crippen MR) is 119 cm³/mol. The zero-order valence-corrected chi connectivity index (χ0v) is 17.8. The van der Waals surface area contributed by atoms with Gasteiger partial charge in [-0.05, 0) is 62.2 Å². The van der Waals surface area contributed by atoms with Crippen molar-refractivity contribution in [1.29, 1.82) is 0 Å². The summed E-state index contributed by atoms with van der Waals surface area (Å²) in [5, 5.41) is 5.47. The number of hydrogen-bond donors (Lipinski definition) is 3. The molecule has 0 heterocycles. The topological polar surface area (TPSA) is 76.4 Å². The van der Waals surface area contributed by atoms with Gasteiger partial charge in [0.15, 0.2) is 11.6 Å². The molecule has 9 heteroatoms. The van der Waals surface area contributed by atoms with E-state index in [0.29, 0.717) is 5.70 Å². The van der Waals surface area contributed by atoms with E-state index in [-0.39, 0.29) is 40.4 Å². The first-order chi connectivity index (χ1) is 15.5. The smallest absolute Gasteiger partial charge is 0.416 e. The van der Waals surface area contributed by atoms with Gasteiger partial charge in [0.1, 0.15) is 5.76 Å². The molecule has 1 amide bonds. The third kappa shape index (κ3) is 6.86. The first-order valence-corrected chi connectivity index (χ1v) is 10.1. The number of benzene rings is 2. The van der Waals surface area contributed by atoms with Crippen molar-refractivity contribution in [2.45, 2.75) is 25.9 Å². The molecule has 0 aliphatic heterocycles. The van der Waals surface area contributed by atoms with Crippen molar-refractivity contribution in [3.8, 4) is 5.75 Å². The van der Waals surface area contributed by atoms with E-state index in [2.05, 4.69) is 17.2 Å². The van der Waals surface area contributed by atoms with Crippen molar-refractivity contribution in [1.82, 2.24) is 5.32 Å². The van der Waals surface area contributed by atoms with Crippen LogP contribution in [0.1, 0.15) is 25.3 Å². The number of hydrogen-bond acceptors (Lipinski definition) is 4. The average Bonchev–Trinajstić information content (AvgIpc) is 3.54. The summed E-state index contributed by atoms with van der Waals surface area (Å²) in [4.78, 5) is 11.9. The Balaban J connectivity index is 1.74. The van der Waals surface area contributed by atoms with Gasteiger partial charge in [-0.3, -0.25) is 4.79 Å². The highest BCUT2D eigenvalue weighted by Crippen LogP contribution is 2.34. The number of ether oxygens (including phenoxy) is 1. The molecule has 0 atom stereocenters. The Morgan fingerprint density at radius 3 is 2.52 bits per heavy atom. The number of amides is 1. The molecule has 0 saturated heterocycles. The molecule has 2 aromatic rings. The maximum atomic E-state index is 14.6. The lowest BCUT2D eigenvalue weighted by Gasteiger charge is -2.14. The van der Waals surface area contributed by atoms with Crippen LogP contribution in [0.2, 0.25) is 0 Å². The highest BCUT2D eigenvalue weighted by Gasteiger charge is 2.31. The van der Waals surface area contributed by atoms with Crippen molar-refractivity contribution < 1.29 is 27.1 Å². The second-order valence-corrected chi connectivity index (χ2v) is 7.61. The molecular formula is C24H23F4N3O2. The van der Waals surface area contributed by atoms with Crippen molar-refractivity contribution >= 4 is 23.0 Å². The van der Waals surface area contributed by atoms with E-state index in [9.17, 15) is 22.4 Å². The first kappa shape index (κ1) is 23.9. The fraction of sp³-hybridized carbons (Fsp3) is 0.208. The third-order valence-corrected chi connectivity index (χ3v) is 4.64. The van der Waals surface area contributed by atoms with Gasteiger partial charge < -0.3 is 21.1 Å². The summed E-state index contributed by atoms with van der Waals surface area (Å²) in [7, 11) is 0. The zero-order chi connectivity index (χ0) is 24.2. The number of halogens is 4. The van der Waals surface area contributed by atoms with Crippen molar-refractivity contribution in [2.24, 2.45) is 5.92 Å². The maximum Gasteiger partial charge on any atom is 0.416 e. The molecule has 1 saturated carbocycles. The van der Waals surface area contributed by atoms with Crippen LogP contribution in [0.4, 0.5) is 34.6 Å². The largest absolute Gasteiger partial charge is 0.454 e. The van der Waals surface area contributed by atoms with Crippen LogP contribution in [-0.2, 0) is 11.0 Å². The van der Waals surface area contributed by atoms with Gasteiger partial charge in [-0.1, -0.05) is 12.7 Å². The highest BCUT2D eigenvalue weighted by molar-refractivity contribution is 5.82. The Bertz CT molecular complexity index is 1120. The molecule has 0 radical (unpaired) electrons. The number of anilines is 3. The molecule has 1 aliphatic carbocycles. The maximum absolute atomic E-state index is 14.6. The molecule has 174 valence electrons. The Kier molecular flexibility index (Phi) is 7.10. The lowest BCUT2D eigenvalue weighted by Crippen LogP contribution is -2.23. The van der Waals surface area contributed by atoms with E-state index in [1.165, 1.54) is 30.4 Å². The summed E-state index contributed by atoms with van der Waals surface area (Å²) in [6, 6.07) is 6.88. The normalized spacial score (nSPS) is 14.6. The molecular weight excluding hydrogens is 438 g/mol. The van der Waals surface area contributed by atoms with Crippen LogP contribution in [0, 0.1) is 11.7 Å². The molecule has 33 heavy (non-hydrogen) atoms. The number of alkyl halides is 3. The number of nitrogen functional groups attached to an aromatic ring is 1. The van der Waals surface area contributed by atoms with E-state index in [1.54, 1.807) is 13.0 Å². The molecule has 1 fully saturated rings. The highest BCUT2D eigenvalue weighted by atomic mass is 19.4. The summed E-state index contributed by atoms with van der Waals surface area (Å²) < 4.78 is 59.2. The lowest BCUT2D eigenvalue weighted by molar-refractivity contribution is -0.137. The summed E-state index contributed by atoms with van der Waals surface area (Å²) in [5.41, 5.74) is 5.36. The number of allylic oxidation sites excluding steroid dienone is 4. The SMILES string of the molecule is C=C/C=C(\C=C(/C)NC(=O)C1CC1)Oc1ccc(Nc2cc(N)cc(C(F)(F)F)c2)cc1F. The summed E-state index contributed by atoms with van der Waals surface area (Å²) >= 11 is 0. The average molecular weight is 461 g/mol. The monoisotopic (exact) mass is 461 g/mol. The molecule has 3 rings (SSSR count). The molecule has 0 aromatic heterocycles. The first-order valence-electron chi connectivity index (χ1n) is 10.1. The van der Waals surface area contributed by atoms with Gasteiger partial charge in [-0.15, -0.1) is 0 Å². The van der Waals surface area contributed by atoms with Crippen LogP contribution >= 0.6 is 0 Å². The number of rotatable bonds is 8. The number of carbonyl (C=O) groups is 1. The van der Waals surface area contributed by atoms with Crippen LogP contribution < -0.4 is 21.1 Å². The molecule has 0 unspecified atom stereocenters. The number of nitrogens with two attached hydrogens (primary N) is 1. The standard InChI is InChI=1S/C24H23F4N3O2/c1-3-4-20(9-14(2)30-23(32)15-5-6-15)33-22-8-7-18(13-21(22)25)31-19-11-16(24(26,27)28)10-17(29)12-19/h3-4,7-13,15,31H,1,5-6,29H2,2H3,(H,30,32)/b14-9+,20-4+. The molecule has 5 nitrogen and oxygen atoms in total. The van der Waals surface area contributed by atoms with Crippen LogP contribution in [-0.4, -0.2) is 5.91 Å². The van der Waals surface area contributed by atoms with Crippen molar-refractivity contribution in [3.05, 3.63) is 84.0 Å². The quantitative estimate of drug-likeness (QED) is 0.194. The van der Waals surface area contributed by atoms with Gasteiger partial charge in [0.05, 0.1) is 5.56 Å². The van der Waals surface area contributed by atoms with Gasteiger partial charge in [0, 0.05) is 34.7 Å². The minimum atomic E-state index is -4.56. The molecule has 4 N–H and O–H groups in total. The van der Waals surface area contributed by atoms with Crippen LogP contribution in [0.25, 0.3) is 0 Å². The number of nitrogens with one attached hydrogen (secondary N) is 2. The van der Waals surface area contributed by atoms with Gasteiger partial charge in [0.2, 0.25) is 5.91 Å². The lowest BCUT2D eigenvalue weighted by atomic mass is 10.1. The minimum Gasteiger partial charge on any atom is -0.454 e. The van der Waals surface area contributed by atoms with Gasteiger partial charge >= 0.3 is 6.18 Å². The Morgan fingerprint density at radius 1 is 1.18 bits per heavy atom. The third-order valence-electron chi connectivity index (χ3n) is 4.64. The fourth-order valence-corrected chi connectivity index (χ4v) is 2.96. The van der Waals surface area contributed by atoms with E-state index < -0.39 is 17.6 Å². The van der Waals surface area contributed by atoms with Gasteiger partial charge in [-0.25, -0.2) is 4.39 Å². The van der Waals surface area contributed by atoms with E-state index in [0.717, 1.165) is 31.0 Å². The van der Waals surface area contributed by atoms with E-state index >= 15 is 0 Å². The van der Waals surface area contributed by atoms with E-state index in [1.807, 2.05) is 0 Å².